The van der Waals surface area contributed by atoms with Crippen LogP contribution in [-0.2, 0) is 0 Å². The van der Waals surface area contributed by atoms with Gasteiger partial charge in [0.15, 0.2) is 0 Å². The minimum Gasteiger partial charge on any atom is -0.141 e. The van der Waals surface area contributed by atoms with E-state index in [1.165, 1.54) is 10.1 Å². The van der Waals surface area contributed by atoms with Gasteiger partial charge in [0.25, 0.3) is 0 Å². The summed E-state index contributed by atoms with van der Waals surface area (Å²) in [6.07, 6.45) is 0. The van der Waals surface area contributed by atoms with Crippen molar-refractivity contribution in [3.63, 3.8) is 0 Å². The summed E-state index contributed by atoms with van der Waals surface area (Å²) in [4.78, 5) is 1.02. The third kappa shape index (κ3) is 1.35. The van der Waals surface area contributed by atoms with Gasteiger partial charge in [-0.25, -0.2) is 0 Å². The third-order valence-electron chi connectivity index (χ3n) is 1.60. The predicted octanol–water partition coefficient (Wildman–Crippen LogP) is 4.72. The van der Waals surface area contributed by atoms with Crippen LogP contribution in [0.1, 0.15) is 0 Å². The zero-order chi connectivity index (χ0) is 8.72. The van der Waals surface area contributed by atoms with Crippen LogP contribution >= 0.6 is 55.8 Å². The van der Waals surface area contributed by atoms with Crippen LogP contribution in [0.25, 0.3) is 10.1 Å². The summed E-state index contributed by atoms with van der Waals surface area (Å²) in [6.45, 7) is 0. The number of halogens is 2. The lowest BCUT2D eigenvalue weighted by molar-refractivity contribution is 1.62. The van der Waals surface area contributed by atoms with Crippen molar-refractivity contribution in [3.05, 3.63) is 26.5 Å². The van der Waals surface area contributed by atoms with Crippen molar-refractivity contribution in [1.82, 2.24) is 0 Å². The molecule has 1 aromatic carbocycles. The van der Waals surface area contributed by atoms with Crippen LogP contribution in [0.2, 0.25) is 0 Å². The molecule has 0 aliphatic rings. The fourth-order valence-electron chi connectivity index (χ4n) is 1.04. The van der Waals surface area contributed by atoms with Crippen molar-refractivity contribution < 1.29 is 0 Å². The average Bonchev–Trinajstić information content (AvgIpc) is 2.32. The SMILES string of the molecule is Sc1c(Br)sc2c(Br)cccc12. The molecule has 4 heteroatoms. The van der Waals surface area contributed by atoms with E-state index >= 15 is 0 Å². The van der Waals surface area contributed by atoms with E-state index in [1.54, 1.807) is 11.3 Å². The maximum atomic E-state index is 4.40. The second-order valence-corrected chi connectivity index (χ2v) is 5.98. The standard InChI is InChI=1S/C8H4Br2S2/c9-5-3-1-2-4-6(11)8(10)12-7(4)5/h1-3,11H. The number of fused-ring (bicyclic) bond motifs is 1. The zero-order valence-electron chi connectivity index (χ0n) is 5.84. The predicted molar refractivity (Wildman–Crippen MR) is 64.5 cm³/mol. The molecule has 2 rings (SSSR count). The van der Waals surface area contributed by atoms with Crippen molar-refractivity contribution in [2.24, 2.45) is 0 Å². The summed E-state index contributed by atoms with van der Waals surface area (Å²) in [5.74, 6) is 0. The van der Waals surface area contributed by atoms with Gasteiger partial charge in [0, 0.05) is 14.8 Å². The van der Waals surface area contributed by atoms with Crippen molar-refractivity contribution in [3.8, 4) is 0 Å². The van der Waals surface area contributed by atoms with E-state index in [0.29, 0.717) is 0 Å². The molecule has 0 aliphatic carbocycles. The van der Waals surface area contributed by atoms with Crippen molar-refractivity contribution in [2.75, 3.05) is 0 Å². The Balaban J connectivity index is 2.95. The van der Waals surface area contributed by atoms with Crippen molar-refractivity contribution in [2.45, 2.75) is 4.90 Å². The molecule has 0 saturated carbocycles. The second-order valence-electron chi connectivity index (χ2n) is 2.34. The molecule has 1 heterocycles. The van der Waals surface area contributed by atoms with Crippen LogP contribution in [0, 0.1) is 0 Å². The van der Waals surface area contributed by atoms with Gasteiger partial charge in [-0.2, -0.15) is 0 Å². The number of hydrogen-bond donors (Lipinski definition) is 1. The summed E-state index contributed by atoms with van der Waals surface area (Å²) in [6, 6.07) is 6.13. The van der Waals surface area contributed by atoms with Gasteiger partial charge < -0.3 is 0 Å². The maximum absolute atomic E-state index is 4.40. The molecule has 0 radical (unpaired) electrons. The molecular weight excluding hydrogens is 320 g/mol. The first-order chi connectivity index (χ1) is 5.70. The highest BCUT2D eigenvalue weighted by Crippen LogP contribution is 2.40. The smallest absolute Gasteiger partial charge is 0.0844 e. The summed E-state index contributed by atoms with van der Waals surface area (Å²) < 4.78 is 3.47. The topological polar surface area (TPSA) is 0 Å². The Morgan fingerprint density at radius 2 is 2.00 bits per heavy atom. The molecule has 0 saturated heterocycles. The quantitative estimate of drug-likeness (QED) is 0.667. The van der Waals surface area contributed by atoms with Gasteiger partial charge in [0.05, 0.1) is 8.49 Å². The van der Waals surface area contributed by atoms with Crippen molar-refractivity contribution in [1.29, 1.82) is 0 Å². The molecule has 0 bridgehead atoms. The van der Waals surface area contributed by atoms with E-state index in [2.05, 4.69) is 50.6 Å². The van der Waals surface area contributed by atoms with Gasteiger partial charge in [-0.1, -0.05) is 12.1 Å². The molecular formula is C8H4Br2S2. The van der Waals surface area contributed by atoms with Crippen LogP contribution in [0.5, 0.6) is 0 Å². The Morgan fingerprint density at radius 3 is 2.67 bits per heavy atom. The lowest BCUT2D eigenvalue weighted by atomic mass is 10.3. The number of hydrogen-bond acceptors (Lipinski definition) is 2. The fourth-order valence-corrected chi connectivity index (χ4v) is 3.58. The lowest BCUT2D eigenvalue weighted by Gasteiger charge is -1.91. The number of rotatable bonds is 0. The van der Waals surface area contributed by atoms with Gasteiger partial charge in [0.1, 0.15) is 0 Å². The average molecular weight is 324 g/mol. The molecule has 0 nitrogen and oxygen atoms in total. The molecule has 0 unspecified atom stereocenters. The Hall–Kier alpha value is 0.490. The van der Waals surface area contributed by atoms with E-state index in [4.69, 9.17) is 0 Å². The van der Waals surface area contributed by atoms with E-state index in [-0.39, 0.29) is 0 Å². The molecule has 0 amide bonds. The first kappa shape index (κ1) is 9.06. The molecule has 0 fully saturated rings. The minimum absolute atomic E-state index is 1.02. The van der Waals surface area contributed by atoms with Gasteiger partial charge in [-0.05, 0) is 37.9 Å². The summed E-state index contributed by atoms with van der Waals surface area (Å²) in [5.41, 5.74) is 0. The molecule has 1 aromatic heterocycles. The number of benzene rings is 1. The largest absolute Gasteiger partial charge is 0.141 e. The molecule has 2 aromatic rings. The molecule has 12 heavy (non-hydrogen) atoms. The van der Waals surface area contributed by atoms with Gasteiger partial charge in [-0.15, -0.1) is 24.0 Å². The summed E-state index contributed by atoms with van der Waals surface area (Å²) in [7, 11) is 0. The summed E-state index contributed by atoms with van der Waals surface area (Å²) in [5, 5.41) is 1.20. The molecule has 0 spiro atoms. The monoisotopic (exact) mass is 322 g/mol. The molecule has 0 N–H and O–H groups in total. The number of thiophene rings is 1. The zero-order valence-corrected chi connectivity index (χ0v) is 10.7. The molecule has 0 aliphatic heterocycles. The Bertz CT molecular complexity index is 434. The van der Waals surface area contributed by atoms with Crippen LogP contribution in [-0.4, -0.2) is 0 Å². The van der Waals surface area contributed by atoms with Crippen LogP contribution in [0.3, 0.4) is 0 Å². The Kier molecular flexibility index (Phi) is 2.51. The van der Waals surface area contributed by atoms with Gasteiger partial charge >= 0.3 is 0 Å². The second kappa shape index (κ2) is 3.33. The normalized spacial score (nSPS) is 10.9. The van der Waals surface area contributed by atoms with E-state index in [1.807, 2.05) is 12.1 Å². The highest BCUT2D eigenvalue weighted by atomic mass is 79.9. The van der Waals surface area contributed by atoms with E-state index in [0.717, 1.165) is 13.2 Å². The maximum Gasteiger partial charge on any atom is 0.0844 e. The lowest BCUT2D eigenvalue weighted by Crippen LogP contribution is -1.65. The Labute approximate surface area is 96.6 Å². The van der Waals surface area contributed by atoms with Crippen LogP contribution in [0.15, 0.2) is 31.4 Å². The van der Waals surface area contributed by atoms with E-state index in [9.17, 15) is 0 Å². The first-order valence-corrected chi connectivity index (χ1v) is 6.10. The third-order valence-corrected chi connectivity index (χ3v) is 5.35. The molecule has 62 valence electrons. The fraction of sp³-hybridized carbons (Fsp3) is 0. The molecule has 0 atom stereocenters. The highest BCUT2D eigenvalue weighted by molar-refractivity contribution is 9.11. The number of thiol groups is 1. The van der Waals surface area contributed by atoms with E-state index < -0.39 is 0 Å². The van der Waals surface area contributed by atoms with Crippen LogP contribution in [0.4, 0.5) is 0 Å². The summed E-state index contributed by atoms with van der Waals surface area (Å²) >= 11 is 13.1. The Morgan fingerprint density at radius 1 is 1.25 bits per heavy atom. The van der Waals surface area contributed by atoms with Gasteiger partial charge in [-0.3, -0.25) is 0 Å². The first-order valence-electron chi connectivity index (χ1n) is 3.25. The van der Waals surface area contributed by atoms with Gasteiger partial charge in [0.2, 0.25) is 0 Å². The van der Waals surface area contributed by atoms with Crippen LogP contribution < -0.4 is 0 Å². The minimum atomic E-state index is 1.02. The highest BCUT2D eigenvalue weighted by Gasteiger charge is 2.07. The van der Waals surface area contributed by atoms with Crippen molar-refractivity contribution >= 4 is 65.9 Å².